The van der Waals surface area contributed by atoms with Gasteiger partial charge < -0.3 is 15.1 Å². The van der Waals surface area contributed by atoms with Crippen LogP contribution in [0.4, 0.5) is 0 Å². The molecular weight excluding hydrogens is 328 g/mol. The van der Waals surface area contributed by atoms with Gasteiger partial charge in [0.1, 0.15) is 11.5 Å². The molecule has 4 bridgehead atoms. The van der Waals surface area contributed by atoms with Gasteiger partial charge in [-0.15, -0.1) is 0 Å². The van der Waals surface area contributed by atoms with Crippen molar-refractivity contribution in [2.45, 2.75) is 65.3 Å². The van der Waals surface area contributed by atoms with Crippen LogP contribution in [0, 0.1) is 37.0 Å². The molecule has 4 fully saturated rings. The molecule has 2 amide bonds. The van der Waals surface area contributed by atoms with Gasteiger partial charge in [0.25, 0.3) is 0 Å². The average molecular weight is 358 g/mol. The summed E-state index contributed by atoms with van der Waals surface area (Å²) in [6.45, 7) is 5.80. The van der Waals surface area contributed by atoms with E-state index in [-0.39, 0.29) is 29.8 Å². The molecule has 0 aromatic carbocycles. The summed E-state index contributed by atoms with van der Waals surface area (Å²) in [5.74, 6) is 3.82. The van der Waals surface area contributed by atoms with Gasteiger partial charge in [0.2, 0.25) is 11.8 Å². The second-order valence-electron chi connectivity index (χ2n) is 9.04. The minimum atomic E-state index is -0.196. The van der Waals surface area contributed by atoms with E-state index in [1.807, 2.05) is 26.8 Å². The molecule has 0 radical (unpaired) electrons. The predicted octanol–water partition coefficient (Wildman–Crippen LogP) is 3.41. The Labute approximate surface area is 155 Å². The Balaban J connectivity index is 1.32. The van der Waals surface area contributed by atoms with E-state index in [1.54, 1.807) is 0 Å². The fraction of sp³-hybridized carbons (Fsp3) is 0.714. The lowest BCUT2D eigenvalue weighted by Crippen LogP contribution is -2.54. The number of hydrogen-bond acceptors (Lipinski definition) is 3. The molecule has 0 aliphatic heterocycles. The molecule has 0 saturated heterocycles. The highest BCUT2D eigenvalue weighted by atomic mass is 16.3. The lowest BCUT2D eigenvalue weighted by atomic mass is 9.49. The van der Waals surface area contributed by atoms with Gasteiger partial charge in [-0.05, 0) is 83.1 Å². The van der Waals surface area contributed by atoms with E-state index < -0.39 is 0 Å². The Morgan fingerprint density at radius 2 is 1.73 bits per heavy atom. The van der Waals surface area contributed by atoms with Crippen molar-refractivity contribution in [2.75, 3.05) is 6.54 Å². The van der Waals surface area contributed by atoms with Crippen LogP contribution in [0.2, 0.25) is 0 Å². The van der Waals surface area contributed by atoms with Crippen molar-refractivity contribution in [1.82, 2.24) is 10.6 Å². The van der Waals surface area contributed by atoms with Gasteiger partial charge >= 0.3 is 0 Å². The highest BCUT2D eigenvalue weighted by molar-refractivity contribution is 5.88. The Morgan fingerprint density at radius 3 is 2.23 bits per heavy atom. The fourth-order valence-electron chi connectivity index (χ4n) is 6.19. The first kappa shape index (κ1) is 17.6. The van der Waals surface area contributed by atoms with E-state index >= 15 is 0 Å². The smallest absolute Gasteiger partial charge is 0.239 e. The lowest BCUT2D eigenvalue weighted by Gasteiger charge is -2.55. The quantitative estimate of drug-likeness (QED) is 0.847. The SMILES string of the molecule is Cc1cc(C(C)NC(=O)CNC(=O)C23CC4CC(CC(C4)C2)C3)c(C)o1. The first-order valence-corrected chi connectivity index (χ1v) is 9.99. The summed E-state index contributed by atoms with van der Waals surface area (Å²) in [4.78, 5) is 25.2. The van der Waals surface area contributed by atoms with Crippen molar-refractivity contribution in [3.8, 4) is 0 Å². The number of furan rings is 1. The van der Waals surface area contributed by atoms with E-state index in [2.05, 4.69) is 10.6 Å². The number of carbonyl (C=O) groups is 2. The van der Waals surface area contributed by atoms with Crippen LogP contribution in [0.1, 0.15) is 68.6 Å². The monoisotopic (exact) mass is 358 g/mol. The second kappa shape index (κ2) is 6.43. The Bertz CT molecular complexity index is 686. The number of aryl methyl sites for hydroxylation is 2. The van der Waals surface area contributed by atoms with E-state index in [1.165, 1.54) is 19.3 Å². The van der Waals surface area contributed by atoms with Crippen molar-refractivity contribution in [1.29, 1.82) is 0 Å². The van der Waals surface area contributed by atoms with Crippen LogP contribution in [0.25, 0.3) is 0 Å². The molecule has 2 N–H and O–H groups in total. The molecule has 0 spiro atoms. The molecule has 1 aromatic heterocycles. The third-order valence-corrected chi connectivity index (χ3v) is 6.85. The molecule has 5 rings (SSSR count). The average Bonchev–Trinajstić information content (AvgIpc) is 2.90. The van der Waals surface area contributed by atoms with Crippen LogP contribution in [0.15, 0.2) is 10.5 Å². The summed E-state index contributed by atoms with van der Waals surface area (Å²) in [6, 6.07) is 1.82. The first-order valence-electron chi connectivity index (χ1n) is 9.99. The van der Waals surface area contributed by atoms with Crippen molar-refractivity contribution >= 4 is 11.8 Å². The Hall–Kier alpha value is -1.78. The molecule has 1 aromatic rings. The summed E-state index contributed by atoms with van der Waals surface area (Å²) in [5.41, 5.74) is 0.794. The maximum atomic E-state index is 12.9. The third-order valence-electron chi connectivity index (χ3n) is 6.85. The van der Waals surface area contributed by atoms with Gasteiger partial charge in [0.05, 0.1) is 12.6 Å². The summed E-state index contributed by atoms with van der Waals surface area (Å²) in [7, 11) is 0. The van der Waals surface area contributed by atoms with Crippen molar-refractivity contribution in [3.63, 3.8) is 0 Å². The molecule has 4 aliphatic rings. The molecule has 26 heavy (non-hydrogen) atoms. The van der Waals surface area contributed by atoms with Gasteiger partial charge in [-0.1, -0.05) is 0 Å². The van der Waals surface area contributed by atoms with Crippen molar-refractivity contribution < 1.29 is 14.0 Å². The zero-order valence-electron chi connectivity index (χ0n) is 16.1. The minimum Gasteiger partial charge on any atom is -0.466 e. The zero-order chi connectivity index (χ0) is 18.5. The minimum absolute atomic E-state index is 0.0564. The summed E-state index contributed by atoms with van der Waals surface area (Å²) >= 11 is 0. The third kappa shape index (κ3) is 3.17. The molecule has 1 heterocycles. The van der Waals surface area contributed by atoms with Crippen molar-refractivity contribution in [3.05, 3.63) is 23.2 Å². The number of rotatable bonds is 5. The highest BCUT2D eigenvalue weighted by Crippen LogP contribution is 2.60. The molecule has 4 saturated carbocycles. The van der Waals surface area contributed by atoms with Crippen LogP contribution in [-0.4, -0.2) is 18.4 Å². The maximum Gasteiger partial charge on any atom is 0.239 e. The normalized spacial score (nSPS) is 33.1. The van der Waals surface area contributed by atoms with E-state index in [0.29, 0.717) is 0 Å². The maximum absolute atomic E-state index is 12.9. The Morgan fingerprint density at radius 1 is 1.15 bits per heavy atom. The van der Waals surface area contributed by atoms with Crippen LogP contribution < -0.4 is 10.6 Å². The number of nitrogens with one attached hydrogen (secondary N) is 2. The Kier molecular flexibility index (Phi) is 4.36. The molecule has 1 atom stereocenters. The number of hydrogen-bond donors (Lipinski definition) is 2. The van der Waals surface area contributed by atoms with Gasteiger partial charge in [-0.25, -0.2) is 0 Å². The molecule has 142 valence electrons. The standard InChI is InChI=1S/C21H30N2O3/c1-12-4-18(14(3)26-12)13(2)23-19(24)11-22-20(25)21-8-15-5-16(9-21)7-17(6-15)10-21/h4,13,15-17H,5-11H2,1-3H3,(H,22,25)(H,23,24). The van der Waals surface area contributed by atoms with E-state index in [9.17, 15) is 9.59 Å². The fourth-order valence-corrected chi connectivity index (χ4v) is 6.19. The van der Waals surface area contributed by atoms with Crippen LogP contribution in [0.3, 0.4) is 0 Å². The molecule has 5 nitrogen and oxygen atoms in total. The molecular formula is C21H30N2O3. The second-order valence-corrected chi connectivity index (χ2v) is 9.04. The highest BCUT2D eigenvalue weighted by Gasteiger charge is 2.54. The largest absolute Gasteiger partial charge is 0.466 e. The summed E-state index contributed by atoms with van der Waals surface area (Å²) in [5, 5.41) is 5.91. The van der Waals surface area contributed by atoms with Gasteiger partial charge in [-0.3, -0.25) is 9.59 Å². The van der Waals surface area contributed by atoms with Crippen LogP contribution in [-0.2, 0) is 9.59 Å². The van der Waals surface area contributed by atoms with Crippen molar-refractivity contribution in [2.24, 2.45) is 23.2 Å². The molecule has 5 heteroatoms. The first-order chi connectivity index (χ1) is 12.3. The summed E-state index contributed by atoms with van der Waals surface area (Å²) in [6.07, 6.45) is 7.01. The number of carbonyl (C=O) groups excluding carboxylic acids is 2. The lowest BCUT2D eigenvalue weighted by molar-refractivity contribution is -0.147. The van der Waals surface area contributed by atoms with E-state index in [4.69, 9.17) is 4.42 Å². The molecule has 4 aliphatic carbocycles. The summed E-state index contributed by atoms with van der Waals surface area (Å²) < 4.78 is 5.53. The topological polar surface area (TPSA) is 71.3 Å². The van der Waals surface area contributed by atoms with E-state index in [0.717, 1.165) is 54.1 Å². The van der Waals surface area contributed by atoms with Crippen LogP contribution in [0.5, 0.6) is 0 Å². The van der Waals surface area contributed by atoms with Crippen LogP contribution >= 0.6 is 0 Å². The number of amides is 2. The van der Waals surface area contributed by atoms with Gasteiger partial charge in [0.15, 0.2) is 0 Å². The van der Waals surface area contributed by atoms with Gasteiger partial charge in [0, 0.05) is 11.0 Å². The zero-order valence-corrected chi connectivity index (χ0v) is 16.1. The predicted molar refractivity (Wildman–Crippen MR) is 98.4 cm³/mol. The molecule has 1 unspecified atom stereocenters. The van der Waals surface area contributed by atoms with Gasteiger partial charge in [-0.2, -0.15) is 0 Å².